The van der Waals surface area contributed by atoms with Crippen molar-refractivity contribution in [2.75, 3.05) is 23.6 Å². The Balaban J connectivity index is 1.41. The third-order valence-electron chi connectivity index (χ3n) is 4.42. The predicted octanol–water partition coefficient (Wildman–Crippen LogP) is 3.48. The Labute approximate surface area is 162 Å². The highest BCUT2D eigenvalue weighted by Gasteiger charge is 2.18. The van der Waals surface area contributed by atoms with Crippen molar-refractivity contribution in [3.05, 3.63) is 71.9 Å². The molecule has 0 spiro atoms. The van der Waals surface area contributed by atoms with Gasteiger partial charge >= 0.3 is 0 Å². The number of amides is 1. The molecule has 1 aliphatic rings. The molecule has 7 nitrogen and oxygen atoms in total. The number of anilines is 2. The quantitative estimate of drug-likeness (QED) is 0.710. The number of para-hydroxylation sites is 1. The molecule has 4 rings (SSSR count). The molecule has 0 saturated heterocycles. The molecule has 3 aromatic rings. The summed E-state index contributed by atoms with van der Waals surface area (Å²) < 4.78 is 10.7. The Hall–Kier alpha value is -3.61. The maximum absolute atomic E-state index is 12.8. The van der Waals surface area contributed by atoms with Crippen LogP contribution in [0.1, 0.15) is 23.0 Å². The maximum Gasteiger partial charge on any atom is 0.278 e. The second-order valence-corrected chi connectivity index (χ2v) is 6.23. The maximum atomic E-state index is 12.8. The summed E-state index contributed by atoms with van der Waals surface area (Å²) in [6.07, 6.45) is 0. The average molecular weight is 376 g/mol. The molecule has 1 aromatic heterocycles. The van der Waals surface area contributed by atoms with Gasteiger partial charge in [-0.15, -0.1) is 10.2 Å². The molecule has 1 N–H and O–H groups in total. The molecule has 1 aliphatic heterocycles. The van der Waals surface area contributed by atoms with Crippen LogP contribution in [0, 0.1) is 0 Å². The number of hydrogen-bond acceptors (Lipinski definition) is 6. The Kier molecular flexibility index (Phi) is 5.05. The van der Waals surface area contributed by atoms with Crippen LogP contribution >= 0.6 is 0 Å². The van der Waals surface area contributed by atoms with E-state index in [4.69, 9.17) is 9.47 Å². The van der Waals surface area contributed by atoms with E-state index in [1.54, 1.807) is 17.0 Å². The molecule has 28 heavy (non-hydrogen) atoms. The summed E-state index contributed by atoms with van der Waals surface area (Å²) in [5.74, 6) is 1.91. The first-order valence-corrected chi connectivity index (χ1v) is 9.07. The molecule has 0 unspecified atom stereocenters. The van der Waals surface area contributed by atoms with Crippen molar-refractivity contribution >= 4 is 17.4 Å². The Morgan fingerprint density at radius 1 is 1.04 bits per heavy atom. The van der Waals surface area contributed by atoms with E-state index in [1.165, 1.54) is 0 Å². The van der Waals surface area contributed by atoms with Crippen LogP contribution in [0.15, 0.2) is 60.7 Å². The van der Waals surface area contributed by atoms with Gasteiger partial charge in [-0.05, 0) is 48.9 Å². The van der Waals surface area contributed by atoms with Gasteiger partial charge in [-0.1, -0.05) is 24.3 Å². The standard InChI is InChI=1S/C21H20N4O3/c1-2-25(16-6-4-3-5-7-16)21(26)17-9-11-20(24-23-17)22-13-15-8-10-18-19(12-15)28-14-27-18/h3-12H,2,13-14H2,1H3,(H,22,24). The zero-order valence-corrected chi connectivity index (χ0v) is 15.5. The third kappa shape index (κ3) is 3.73. The van der Waals surface area contributed by atoms with Gasteiger partial charge in [0.25, 0.3) is 5.91 Å². The van der Waals surface area contributed by atoms with Crippen LogP contribution in [-0.4, -0.2) is 29.4 Å². The van der Waals surface area contributed by atoms with Crippen LogP contribution in [0.3, 0.4) is 0 Å². The topological polar surface area (TPSA) is 76.6 Å². The number of nitrogens with zero attached hydrogens (tertiary/aromatic N) is 3. The minimum atomic E-state index is -0.177. The molecule has 0 bridgehead atoms. The number of aromatic nitrogens is 2. The van der Waals surface area contributed by atoms with E-state index in [1.807, 2.05) is 55.5 Å². The minimum absolute atomic E-state index is 0.177. The fourth-order valence-electron chi connectivity index (χ4n) is 2.97. The molecule has 7 heteroatoms. The van der Waals surface area contributed by atoms with Crippen LogP contribution < -0.4 is 19.7 Å². The summed E-state index contributed by atoms with van der Waals surface area (Å²) >= 11 is 0. The molecule has 1 amide bonds. The lowest BCUT2D eigenvalue weighted by Crippen LogP contribution is -2.31. The van der Waals surface area contributed by atoms with E-state index in [0.29, 0.717) is 24.6 Å². The Bertz CT molecular complexity index is 961. The molecule has 142 valence electrons. The summed E-state index contributed by atoms with van der Waals surface area (Å²) in [7, 11) is 0. The van der Waals surface area contributed by atoms with Gasteiger partial charge in [-0.2, -0.15) is 0 Å². The second kappa shape index (κ2) is 7.96. The minimum Gasteiger partial charge on any atom is -0.454 e. The highest BCUT2D eigenvalue weighted by atomic mass is 16.7. The molecule has 0 fully saturated rings. The number of fused-ring (bicyclic) bond motifs is 1. The largest absolute Gasteiger partial charge is 0.454 e. The van der Waals surface area contributed by atoms with Gasteiger partial charge in [0.2, 0.25) is 6.79 Å². The Morgan fingerprint density at radius 3 is 2.61 bits per heavy atom. The van der Waals surface area contributed by atoms with E-state index in [9.17, 15) is 4.79 Å². The monoisotopic (exact) mass is 376 g/mol. The lowest BCUT2D eigenvalue weighted by molar-refractivity contribution is 0.0982. The van der Waals surface area contributed by atoms with Crippen molar-refractivity contribution in [2.45, 2.75) is 13.5 Å². The molecule has 2 aromatic carbocycles. The van der Waals surface area contributed by atoms with Gasteiger partial charge in [0.15, 0.2) is 17.2 Å². The van der Waals surface area contributed by atoms with Gasteiger partial charge < -0.3 is 19.7 Å². The number of hydrogen-bond donors (Lipinski definition) is 1. The fourth-order valence-corrected chi connectivity index (χ4v) is 2.97. The van der Waals surface area contributed by atoms with Crippen LogP contribution in [-0.2, 0) is 6.54 Å². The number of benzene rings is 2. The first-order valence-electron chi connectivity index (χ1n) is 9.07. The van der Waals surface area contributed by atoms with Gasteiger partial charge in [-0.3, -0.25) is 4.79 Å². The Morgan fingerprint density at radius 2 is 1.86 bits per heavy atom. The first kappa shape index (κ1) is 17.8. The van der Waals surface area contributed by atoms with E-state index < -0.39 is 0 Å². The van der Waals surface area contributed by atoms with Crippen molar-refractivity contribution < 1.29 is 14.3 Å². The summed E-state index contributed by atoms with van der Waals surface area (Å²) in [5, 5.41) is 11.4. The molecule has 0 saturated carbocycles. The summed E-state index contributed by atoms with van der Waals surface area (Å²) in [5.41, 5.74) is 2.17. The first-order chi connectivity index (χ1) is 13.7. The number of carbonyl (C=O) groups is 1. The number of carbonyl (C=O) groups excluding carboxylic acids is 1. The highest BCUT2D eigenvalue weighted by molar-refractivity contribution is 6.04. The van der Waals surface area contributed by atoms with Crippen LogP contribution in [0.5, 0.6) is 11.5 Å². The zero-order valence-electron chi connectivity index (χ0n) is 15.5. The van der Waals surface area contributed by atoms with Crippen molar-refractivity contribution in [1.82, 2.24) is 10.2 Å². The lowest BCUT2D eigenvalue weighted by Gasteiger charge is -2.20. The normalized spacial score (nSPS) is 11.9. The van der Waals surface area contributed by atoms with E-state index in [0.717, 1.165) is 22.7 Å². The van der Waals surface area contributed by atoms with Crippen molar-refractivity contribution in [3.63, 3.8) is 0 Å². The number of ether oxygens (including phenoxy) is 2. The molecular formula is C21H20N4O3. The van der Waals surface area contributed by atoms with Crippen LogP contribution in [0.25, 0.3) is 0 Å². The van der Waals surface area contributed by atoms with E-state index in [2.05, 4.69) is 15.5 Å². The smallest absolute Gasteiger partial charge is 0.278 e. The zero-order chi connectivity index (χ0) is 19.3. The molecule has 0 aliphatic carbocycles. The molecular weight excluding hydrogens is 356 g/mol. The van der Waals surface area contributed by atoms with Crippen molar-refractivity contribution in [2.24, 2.45) is 0 Å². The van der Waals surface area contributed by atoms with Crippen molar-refractivity contribution in [1.29, 1.82) is 0 Å². The summed E-state index contributed by atoms with van der Waals surface area (Å²) in [6.45, 7) is 3.29. The fraction of sp³-hybridized carbons (Fsp3) is 0.190. The van der Waals surface area contributed by atoms with Gasteiger partial charge in [-0.25, -0.2) is 0 Å². The van der Waals surface area contributed by atoms with E-state index in [-0.39, 0.29) is 12.7 Å². The second-order valence-electron chi connectivity index (χ2n) is 6.23. The average Bonchev–Trinajstić information content (AvgIpc) is 3.22. The van der Waals surface area contributed by atoms with Gasteiger partial charge in [0.05, 0.1) is 0 Å². The van der Waals surface area contributed by atoms with Gasteiger partial charge in [0.1, 0.15) is 5.82 Å². The summed E-state index contributed by atoms with van der Waals surface area (Å²) in [6, 6.07) is 18.7. The van der Waals surface area contributed by atoms with E-state index >= 15 is 0 Å². The third-order valence-corrected chi connectivity index (χ3v) is 4.42. The predicted molar refractivity (Wildman–Crippen MR) is 106 cm³/mol. The number of nitrogens with one attached hydrogen (secondary N) is 1. The highest BCUT2D eigenvalue weighted by Crippen LogP contribution is 2.32. The summed E-state index contributed by atoms with van der Waals surface area (Å²) in [4.78, 5) is 14.4. The van der Waals surface area contributed by atoms with Gasteiger partial charge in [0, 0.05) is 18.8 Å². The molecule has 2 heterocycles. The molecule has 0 atom stereocenters. The van der Waals surface area contributed by atoms with Crippen molar-refractivity contribution in [3.8, 4) is 11.5 Å². The lowest BCUT2D eigenvalue weighted by atomic mass is 10.2. The number of rotatable bonds is 6. The molecule has 0 radical (unpaired) electrons. The SMILES string of the molecule is CCN(C(=O)c1ccc(NCc2ccc3c(c2)OCO3)nn1)c1ccccc1. The van der Waals surface area contributed by atoms with Crippen LogP contribution in [0.4, 0.5) is 11.5 Å². The van der Waals surface area contributed by atoms with Crippen LogP contribution in [0.2, 0.25) is 0 Å².